The van der Waals surface area contributed by atoms with Gasteiger partial charge in [-0.25, -0.2) is 0 Å². The lowest BCUT2D eigenvalue weighted by Crippen LogP contribution is -2.54. The van der Waals surface area contributed by atoms with E-state index in [1.165, 1.54) is 0 Å². The highest BCUT2D eigenvalue weighted by molar-refractivity contribution is 6.64. The molecule has 0 unspecified atom stereocenters. The molecule has 0 atom stereocenters. The molecule has 3 nitrogen and oxygen atoms in total. The van der Waals surface area contributed by atoms with Crippen LogP contribution in [0.15, 0.2) is 0 Å². The summed E-state index contributed by atoms with van der Waals surface area (Å²) >= 11 is 0. The zero-order chi connectivity index (χ0) is 11.9. The minimum Gasteiger partial charge on any atom is -0.373 e. The van der Waals surface area contributed by atoms with Crippen LogP contribution in [0.1, 0.15) is 41.0 Å². The Labute approximate surface area is 95.5 Å². The van der Waals surface area contributed by atoms with Crippen LogP contribution >= 0.6 is 0 Å². The van der Waals surface area contributed by atoms with Crippen molar-refractivity contribution in [3.63, 3.8) is 0 Å². The van der Waals surface area contributed by atoms with Crippen LogP contribution in [0.25, 0.3) is 0 Å². The molecule has 1 radical (unpaired) electrons. The normalized spacial score (nSPS) is 13.2. The number of hydrogen-bond donors (Lipinski definition) is 0. The van der Waals surface area contributed by atoms with Crippen molar-refractivity contribution in [1.29, 1.82) is 0 Å². The van der Waals surface area contributed by atoms with Crippen molar-refractivity contribution < 1.29 is 13.3 Å². The Morgan fingerprint density at radius 3 is 1.47 bits per heavy atom. The quantitative estimate of drug-likeness (QED) is 0.603. The zero-order valence-corrected chi connectivity index (χ0v) is 11.8. The van der Waals surface area contributed by atoms with Crippen molar-refractivity contribution >= 4 is 8.80 Å². The van der Waals surface area contributed by atoms with Gasteiger partial charge in [0.05, 0.1) is 0 Å². The van der Waals surface area contributed by atoms with E-state index < -0.39 is 8.80 Å². The van der Waals surface area contributed by atoms with Crippen LogP contribution in [0, 0.1) is 6.92 Å². The van der Waals surface area contributed by atoms with E-state index in [-0.39, 0.29) is 5.04 Å². The highest BCUT2D eigenvalue weighted by Crippen LogP contribution is 2.42. The van der Waals surface area contributed by atoms with Gasteiger partial charge in [0.25, 0.3) is 0 Å². The van der Waals surface area contributed by atoms with Crippen LogP contribution in [-0.4, -0.2) is 28.6 Å². The lowest BCUT2D eigenvalue weighted by molar-refractivity contribution is 0.0483. The largest absolute Gasteiger partial charge is 0.506 e. The molecule has 0 bridgehead atoms. The Morgan fingerprint density at radius 1 is 0.933 bits per heavy atom. The first-order valence-electron chi connectivity index (χ1n) is 5.70. The van der Waals surface area contributed by atoms with Gasteiger partial charge in [0.2, 0.25) is 0 Å². The topological polar surface area (TPSA) is 27.7 Å². The van der Waals surface area contributed by atoms with Gasteiger partial charge < -0.3 is 13.3 Å². The molecule has 0 aromatic rings. The molecule has 0 fully saturated rings. The molecule has 15 heavy (non-hydrogen) atoms. The fraction of sp³-hybridized carbons (Fsp3) is 0.909. The average Bonchev–Trinajstić information content (AvgIpc) is 2.18. The summed E-state index contributed by atoms with van der Waals surface area (Å²) in [5.41, 5.74) is 0. The second-order valence-corrected chi connectivity index (χ2v) is 7.32. The van der Waals surface area contributed by atoms with Crippen molar-refractivity contribution in [1.82, 2.24) is 0 Å². The highest BCUT2D eigenvalue weighted by atomic mass is 28.4. The van der Waals surface area contributed by atoms with Crippen molar-refractivity contribution in [3.05, 3.63) is 6.92 Å². The fourth-order valence-corrected chi connectivity index (χ4v) is 4.30. The summed E-state index contributed by atoms with van der Waals surface area (Å²) in [6, 6.07) is 0. The van der Waals surface area contributed by atoms with Crippen LogP contribution < -0.4 is 0 Å². The summed E-state index contributed by atoms with van der Waals surface area (Å²) in [6.07, 6.45) is 0.749. The molecule has 0 aliphatic carbocycles. The van der Waals surface area contributed by atoms with E-state index in [0.29, 0.717) is 19.8 Å². The minimum atomic E-state index is -2.59. The van der Waals surface area contributed by atoms with Gasteiger partial charge in [-0.2, -0.15) is 0 Å². The second kappa shape index (κ2) is 6.63. The Hall–Kier alpha value is 0.0969. The predicted octanol–water partition coefficient (Wildman–Crippen LogP) is 3.04. The van der Waals surface area contributed by atoms with Gasteiger partial charge in [0.1, 0.15) is 0 Å². The molecule has 0 amide bonds. The van der Waals surface area contributed by atoms with Crippen molar-refractivity contribution in [3.8, 4) is 0 Å². The first-order chi connectivity index (χ1) is 6.99. The maximum Gasteiger partial charge on any atom is 0.506 e. The standard InChI is InChI=1S/C11H25O3Si/c1-7-11(5,6)15(12-8-2,13-9-3)14-10-4/h1,7-10H2,2-6H3. The van der Waals surface area contributed by atoms with Crippen molar-refractivity contribution in [2.24, 2.45) is 0 Å². The zero-order valence-electron chi connectivity index (χ0n) is 10.8. The third kappa shape index (κ3) is 3.55. The maximum atomic E-state index is 5.82. The van der Waals surface area contributed by atoms with E-state index in [2.05, 4.69) is 20.8 Å². The van der Waals surface area contributed by atoms with Gasteiger partial charge in [0.15, 0.2) is 0 Å². The number of rotatable bonds is 8. The molecular weight excluding hydrogens is 208 g/mol. The van der Waals surface area contributed by atoms with E-state index in [4.69, 9.17) is 13.3 Å². The Kier molecular flexibility index (Phi) is 6.67. The molecule has 0 saturated heterocycles. The van der Waals surface area contributed by atoms with Gasteiger partial charge in [-0.15, -0.1) is 0 Å². The van der Waals surface area contributed by atoms with Crippen LogP contribution in [0.4, 0.5) is 0 Å². The molecule has 0 N–H and O–H groups in total. The molecule has 0 rings (SSSR count). The Bertz CT molecular complexity index is 154. The monoisotopic (exact) mass is 233 g/mol. The second-order valence-electron chi connectivity index (χ2n) is 3.99. The van der Waals surface area contributed by atoms with Crippen LogP contribution in [0.2, 0.25) is 5.04 Å². The third-order valence-corrected chi connectivity index (χ3v) is 6.37. The SMILES string of the molecule is [CH2]CC(C)(C)[Si](OCC)(OCC)OCC. The molecule has 0 aliphatic heterocycles. The van der Waals surface area contributed by atoms with E-state index in [9.17, 15) is 0 Å². The summed E-state index contributed by atoms with van der Waals surface area (Å²) in [7, 11) is -2.59. The van der Waals surface area contributed by atoms with Gasteiger partial charge in [-0.05, 0) is 27.2 Å². The van der Waals surface area contributed by atoms with Gasteiger partial charge >= 0.3 is 8.80 Å². The maximum absolute atomic E-state index is 5.82. The highest BCUT2D eigenvalue weighted by Gasteiger charge is 2.54. The van der Waals surface area contributed by atoms with Gasteiger partial charge in [-0.3, -0.25) is 0 Å². The number of hydrogen-bond acceptors (Lipinski definition) is 3. The fourth-order valence-electron chi connectivity index (χ4n) is 1.43. The first-order valence-corrected chi connectivity index (χ1v) is 7.43. The lowest BCUT2D eigenvalue weighted by atomic mass is 10.1. The lowest BCUT2D eigenvalue weighted by Gasteiger charge is -2.40. The molecule has 0 spiro atoms. The van der Waals surface area contributed by atoms with Gasteiger partial charge in [0, 0.05) is 24.9 Å². The molecule has 91 valence electrons. The summed E-state index contributed by atoms with van der Waals surface area (Å²) in [6.45, 7) is 15.9. The first kappa shape index (κ1) is 15.1. The van der Waals surface area contributed by atoms with Crippen LogP contribution in [-0.2, 0) is 13.3 Å². The van der Waals surface area contributed by atoms with E-state index in [0.717, 1.165) is 6.42 Å². The smallest absolute Gasteiger partial charge is 0.373 e. The van der Waals surface area contributed by atoms with Crippen molar-refractivity contribution in [2.75, 3.05) is 19.8 Å². The Morgan fingerprint density at radius 2 is 1.27 bits per heavy atom. The van der Waals surface area contributed by atoms with E-state index in [1.54, 1.807) is 0 Å². The molecule has 0 heterocycles. The predicted molar refractivity (Wildman–Crippen MR) is 64.6 cm³/mol. The summed E-state index contributed by atoms with van der Waals surface area (Å²) in [5, 5.41) is -0.130. The molecule has 0 aromatic heterocycles. The molecular formula is C11H25O3Si. The molecule has 0 aliphatic rings. The van der Waals surface area contributed by atoms with Crippen LogP contribution in [0.5, 0.6) is 0 Å². The summed E-state index contributed by atoms with van der Waals surface area (Å²) in [4.78, 5) is 0. The van der Waals surface area contributed by atoms with E-state index in [1.807, 2.05) is 20.8 Å². The van der Waals surface area contributed by atoms with Crippen molar-refractivity contribution in [2.45, 2.75) is 46.1 Å². The summed E-state index contributed by atoms with van der Waals surface area (Å²) in [5.74, 6) is 0. The summed E-state index contributed by atoms with van der Waals surface area (Å²) < 4.78 is 17.5. The molecule has 0 aromatic carbocycles. The van der Waals surface area contributed by atoms with Gasteiger partial charge in [-0.1, -0.05) is 20.8 Å². The minimum absolute atomic E-state index is 0.130. The molecule has 4 heteroatoms. The van der Waals surface area contributed by atoms with Crippen LogP contribution in [0.3, 0.4) is 0 Å². The Balaban J connectivity index is 4.90. The third-order valence-electron chi connectivity index (χ3n) is 2.46. The van der Waals surface area contributed by atoms with E-state index >= 15 is 0 Å². The molecule has 0 saturated carbocycles. The average molecular weight is 233 g/mol.